The van der Waals surface area contributed by atoms with Crippen LogP contribution < -0.4 is 15.1 Å². The molecule has 1 aromatic carbocycles. The van der Waals surface area contributed by atoms with Crippen molar-refractivity contribution >= 4 is 28.6 Å². The quantitative estimate of drug-likeness (QED) is 0.542. The van der Waals surface area contributed by atoms with Crippen molar-refractivity contribution in [2.45, 2.75) is 6.54 Å². The van der Waals surface area contributed by atoms with Crippen LogP contribution >= 0.6 is 0 Å². The van der Waals surface area contributed by atoms with Gasteiger partial charge < -0.3 is 25.0 Å². The highest BCUT2D eigenvalue weighted by molar-refractivity contribution is 5.93. The Balaban J connectivity index is 1.49. The van der Waals surface area contributed by atoms with Crippen molar-refractivity contribution in [1.82, 2.24) is 24.8 Å². The summed E-state index contributed by atoms with van der Waals surface area (Å²) in [5.74, 6) is 2.24. The Morgan fingerprint density at radius 3 is 2.42 bits per heavy atom. The molecule has 33 heavy (non-hydrogen) atoms. The van der Waals surface area contributed by atoms with Gasteiger partial charge in [-0.3, -0.25) is 4.90 Å². The van der Waals surface area contributed by atoms with E-state index < -0.39 is 0 Å². The lowest BCUT2D eigenvalue weighted by Gasteiger charge is -2.35. The number of aromatic nitrogens is 4. The van der Waals surface area contributed by atoms with Crippen molar-refractivity contribution in [3.05, 3.63) is 42.2 Å². The summed E-state index contributed by atoms with van der Waals surface area (Å²) in [4.78, 5) is 25.7. The number of nitrogens with zero attached hydrogens (tertiary/aromatic N) is 7. The molecule has 10 nitrogen and oxygen atoms in total. The summed E-state index contributed by atoms with van der Waals surface area (Å²) in [5, 5.41) is 12.7. The zero-order chi connectivity index (χ0) is 22.5. The third-order valence-corrected chi connectivity index (χ3v) is 6.14. The van der Waals surface area contributed by atoms with E-state index in [2.05, 4.69) is 42.1 Å². The summed E-state index contributed by atoms with van der Waals surface area (Å²) in [6.07, 6.45) is 1.58. The van der Waals surface area contributed by atoms with Crippen LogP contribution in [0.4, 0.5) is 17.6 Å². The van der Waals surface area contributed by atoms with Crippen LogP contribution in [-0.4, -0.2) is 95.6 Å². The molecule has 0 amide bonds. The Morgan fingerprint density at radius 1 is 0.879 bits per heavy atom. The average Bonchev–Trinajstić information content (AvgIpc) is 2.88. The molecule has 0 spiro atoms. The van der Waals surface area contributed by atoms with E-state index in [0.717, 1.165) is 56.1 Å². The normalized spacial score (nSPS) is 17.5. The van der Waals surface area contributed by atoms with Crippen LogP contribution in [0.1, 0.15) is 5.56 Å². The highest BCUT2D eigenvalue weighted by atomic mass is 16.5. The van der Waals surface area contributed by atoms with Gasteiger partial charge in [-0.2, -0.15) is 4.98 Å². The lowest BCUT2D eigenvalue weighted by molar-refractivity contribution is 0.122. The lowest BCUT2D eigenvalue weighted by atomic mass is 10.2. The number of piperazine rings is 1. The van der Waals surface area contributed by atoms with E-state index in [1.807, 2.05) is 18.2 Å². The number of rotatable bonds is 7. The molecular weight excluding hydrogens is 420 g/mol. The fraction of sp³-hybridized carbons (Fsp3) is 0.478. The number of aliphatic hydroxyl groups is 1. The molecule has 2 aromatic heterocycles. The van der Waals surface area contributed by atoms with E-state index in [1.165, 1.54) is 5.56 Å². The SMILES string of the molecule is OCCN1CCN(c2nc(N3CCOCC3)c3ncnc(NCc4ccccc4)c3n2)CC1. The van der Waals surface area contributed by atoms with E-state index in [-0.39, 0.29) is 6.61 Å². The molecule has 4 heterocycles. The Labute approximate surface area is 193 Å². The van der Waals surface area contributed by atoms with E-state index in [4.69, 9.17) is 14.7 Å². The molecule has 0 atom stereocenters. The maximum absolute atomic E-state index is 9.25. The van der Waals surface area contributed by atoms with Gasteiger partial charge in [0.05, 0.1) is 19.8 Å². The number of anilines is 3. The Morgan fingerprint density at radius 2 is 1.67 bits per heavy atom. The average molecular weight is 451 g/mol. The fourth-order valence-corrected chi connectivity index (χ4v) is 4.28. The molecule has 2 fully saturated rings. The van der Waals surface area contributed by atoms with Crippen molar-refractivity contribution in [3.63, 3.8) is 0 Å². The van der Waals surface area contributed by atoms with Crippen LogP contribution in [-0.2, 0) is 11.3 Å². The van der Waals surface area contributed by atoms with Crippen LogP contribution in [0, 0.1) is 0 Å². The van der Waals surface area contributed by atoms with Crippen LogP contribution in [0.25, 0.3) is 11.0 Å². The van der Waals surface area contributed by atoms with Gasteiger partial charge in [-0.05, 0) is 5.56 Å². The third kappa shape index (κ3) is 4.97. The Hall–Kier alpha value is -3.08. The van der Waals surface area contributed by atoms with Gasteiger partial charge >= 0.3 is 0 Å². The number of hydrogen-bond donors (Lipinski definition) is 2. The zero-order valence-electron chi connectivity index (χ0n) is 18.7. The second kappa shape index (κ2) is 10.2. The molecule has 5 rings (SSSR count). The van der Waals surface area contributed by atoms with Crippen LogP contribution in [0.15, 0.2) is 36.7 Å². The third-order valence-electron chi connectivity index (χ3n) is 6.14. The van der Waals surface area contributed by atoms with Gasteiger partial charge in [0.25, 0.3) is 0 Å². The molecular formula is C23H30N8O2. The van der Waals surface area contributed by atoms with Gasteiger partial charge in [-0.1, -0.05) is 30.3 Å². The summed E-state index contributed by atoms with van der Waals surface area (Å²) in [6.45, 7) is 7.80. The first-order chi connectivity index (χ1) is 16.3. The standard InChI is InChI=1S/C23H30N8O2/c32-13-10-29-6-8-31(9-7-29)23-27-19-20(22(28-23)30-11-14-33-15-12-30)25-17-26-21(19)24-16-18-4-2-1-3-5-18/h1-5,17,32H,6-16H2,(H,24,25,26). The molecule has 0 bridgehead atoms. The predicted octanol–water partition coefficient (Wildman–Crippen LogP) is 0.983. The van der Waals surface area contributed by atoms with Crippen LogP contribution in [0.2, 0.25) is 0 Å². The minimum atomic E-state index is 0.182. The molecule has 0 aliphatic carbocycles. The fourth-order valence-electron chi connectivity index (χ4n) is 4.28. The van der Waals surface area contributed by atoms with Gasteiger partial charge in [-0.25, -0.2) is 15.0 Å². The number of benzene rings is 1. The first-order valence-corrected chi connectivity index (χ1v) is 11.5. The number of β-amino-alcohol motifs (C(OH)–C–C–N with tert-alkyl or cyclic N) is 1. The smallest absolute Gasteiger partial charge is 0.228 e. The molecule has 2 saturated heterocycles. The topological polar surface area (TPSA) is 103 Å². The summed E-state index contributed by atoms with van der Waals surface area (Å²) in [5.41, 5.74) is 2.66. The molecule has 10 heteroatoms. The van der Waals surface area contributed by atoms with Crippen molar-refractivity contribution in [3.8, 4) is 0 Å². The van der Waals surface area contributed by atoms with Gasteiger partial charge in [-0.15, -0.1) is 0 Å². The molecule has 0 saturated carbocycles. The van der Waals surface area contributed by atoms with E-state index >= 15 is 0 Å². The second-order valence-electron chi connectivity index (χ2n) is 8.26. The number of fused-ring (bicyclic) bond motifs is 1. The van der Waals surface area contributed by atoms with Gasteiger partial charge in [0, 0.05) is 52.4 Å². The first kappa shape index (κ1) is 21.7. The van der Waals surface area contributed by atoms with Crippen molar-refractivity contribution < 1.29 is 9.84 Å². The minimum Gasteiger partial charge on any atom is -0.395 e. The van der Waals surface area contributed by atoms with Gasteiger partial charge in [0.1, 0.15) is 17.4 Å². The Bertz CT molecular complexity index is 1050. The molecule has 0 radical (unpaired) electrons. The molecule has 2 N–H and O–H groups in total. The number of aliphatic hydroxyl groups excluding tert-OH is 1. The van der Waals surface area contributed by atoms with Crippen molar-refractivity contribution in [2.75, 3.05) is 80.8 Å². The monoisotopic (exact) mass is 450 g/mol. The largest absolute Gasteiger partial charge is 0.395 e. The van der Waals surface area contributed by atoms with E-state index in [0.29, 0.717) is 38.1 Å². The summed E-state index contributed by atoms with van der Waals surface area (Å²) >= 11 is 0. The molecule has 2 aliphatic heterocycles. The van der Waals surface area contributed by atoms with Crippen molar-refractivity contribution in [2.24, 2.45) is 0 Å². The highest BCUT2D eigenvalue weighted by Gasteiger charge is 2.24. The van der Waals surface area contributed by atoms with E-state index in [1.54, 1.807) is 6.33 Å². The number of morpholine rings is 1. The maximum atomic E-state index is 9.25. The molecule has 0 unspecified atom stereocenters. The number of ether oxygens (including phenoxy) is 1. The Kier molecular flexibility index (Phi) is 6.75. The highest BCUT2D eigenvalue weighted by Crippen LogP contribution is 2.29. The number of hydrogen-bond acceptors (Lipinski definition) is 10. The summed E-state index contributed by atoms with van der Waals surface area (Å²) < 4.78 is 5.56. The van der Waals surface area contributed by atoms with Crippen molar-refractivity contribution in [1.29, 1.82) is 0 Å². The second-order valence-corrected chi connectivity index (χ2v) is 8.26. The minimum absolute atomic E-state index is 0.182. The molecule has 2 aliphatic rings. The summed E-state index contributed by atoms with van der Waals surface area (Å²) in [7, 11) is 0. The van der Waals surface area contributed by atoms with Crippen LogP contribution in [0.3, 0.4) is 0 Å². The van der Waals surface area contributed by atoms with Gasteiger partial charge in [0.15, 0.2) is 11.6 Å². The maximum Gasteiger partial charge on any atom is 0.228 e. The van der Waals surface area contributed by atoms with Gasteiger partial charge in [0.2, 0.25) is 5.95 Å². The first-order valence-electron chi connectivity index (χ1n) is 11.5. The van der Waals surface area contributed by atoms with Crippen LogP contribution in [0.5, 0.6) is 0 Å². The van der Waals surface area contributed by atoms with E-state index in [9.17, 15) is 5.11 Å². The number of nitrogens with one attached hydrogen (secondary N) is 1. The lowest BCUT2D eigenvalue weighted by Crippen LogP contribution is -2.48. The predicted molar refractivity (Wildman–Crippen MR) is 128 cm³/mol. The molecule has 3 aromatic rings. The summed E-state index contributed by atoms with van der Waals surface area (Å²) in [6, 6.07) is 10.2. The molecule has 174 valence electrons. The zero-order valence-corrected chi connectivity index (χ0v) is 18.7.